The SMILES string of the molecule is CC(C)C[C@@]1(C(=O)OC(C)(C)C)C[C@H](c2cnccn2)[C@H](c2ccccn2)N1C(=O)c1ccc(C(C)(C)C)cc1. The van der Waals surface area contributed by atoms with Gasteiger partial charge >= 0.3 is 5.97 Å². The Morgan fingerprint density at radius 1 is 0.950 bits per heavy atom. The number of rotatable bonds is 6. The van der Waals surface area contributed by atoms with Gasteiger partial charge < -0.3 is 9.64 Å². The molecule has 1 saturated heterocycles. The minimum atomic E-state index is -1.23. The van der Waals surface area contributed by atoms with Gasteiger partial charge in [0.15, 0.2) is 0 Å². The molecular weight excluding hydrogens is 500 g/mol. The number of carbonyl (C=O) groups is 2. The first kappa shape index (κ1) is 29.4. The molecule has 0 spiro atoms. The van der Waals surface area contributed by atoms with Crippen LogP contribution in [-0.4, -0.2) is 42.9 Å². The fourth-order valence-corrected chi connectivity index (χ4v) is 5.75. The van der Waals surface area contributed by atoms with Crippen molar-refractivity contribution < 1.29 is 14.3 Å². The molecule has 0 aliphatic carbocycles. The molecule has 1 aliphatic heterocycles. The van der Waals surface area contributed by atoms with Gasteiger partial charge in [-0.2, -0.15) is 0 Å². The molecule has 0 saturated carbocycles. The molecule has 3 aromatic rings. The summed E-state index contributed by atoms with van der Waals surface area (Å²) < 4.78 is 6.09. The Labute approximate surface area is 238 Å². The Kier molecular flexibility index (Phi) is 8.16. The number of esters is 1. The van der Waals surface area contributed by atoms with Crippen LogP contribution in [0.1, 0.15) is 108 Å². The van der Waals surface area contributed by atoms with Gasteiger partial charge in [0.25, 0.3) is 5.91 Å². The van der Waals surface area contributed by atoms with Crippen molar-refractivity contribution in [2.75, 3.05) is 0 Å². The number of nitrogens with zero attached hydrogens (tertiary/aromatic N) is 4. The molecule has 1 fully saturated rings. The zero-order valence-corrected chi connectivity index (χ0v) is 25.0. The number of benzene rings is 1. The van der Waals surface area contributed by atoms with Gasteiger partial charge in [0.05, 0.1) is 17.4 Å². The van der Waals surface area contributed by atoms with Crippen LogP contribution in [0.15, 0.2) is 67.3 Å². The minimum absolute atomic E-state index is 0.0549. The van der Waals surface area contributed by atoms with E-state index in [-0.39, 0.29) is 23.2 Å². The molecule has 7 heteroatoms. The molecule has 0 radical (unpaired) electrons. The van der Waals surface area contributed by atoms with Crippen molar-refractivity contribution in [3.8, 4) is 0 Å². The van der Waals surface area contributed by atoms with Gasteiger partial charge in [-0.15, -0.1) is 0 Å². The van der Waals surface area contributed by atoms with Crippen molar-refractivity contribution in [3.63, 3.8) is 0 Å². The standard InChI is InChI=1S/C33H42N4O3/c1-22(2)19-33(30(39)40-32(6,7)8)20-25(27-21-34-17-18-36-27)28(26-11-9-10-16-35-26)37(33)29(38)23-12-14-24(15-13-23)31(3,4)5/h9-18,21-22,25,28H,19-20H2,1-8H3/t25-,28-,33+/m1/s1. The van der Waals surface area contributed by atoms with E-state index in [0.29, 0.717) is 29.8 Å². The highest BCUT2D eigenvalue weighted by atomic mass is 16.6. The van der Waals surface area contributed by atoms with E-state index in [4.69, 9.17) is 9.72 Å². The maximum absolute atomic E-state index is 14.7. The van der Waals surface area contributed by atoms with E-state index in [1.54, 1.807) is 29.7 Å². The Bertz CT molecular complexity index is 1310. The number of aromatic nitrogens is 3. The maximum atomic E-state index is 14.7. The van der Waals surface area contributed by atoms with Gasteiger partial charge in [0.2, 0.25) is 0 Å². The molecule has 4 rings (SSSR count). The van der Waals surface area contributed by atoms with E-state index in [0.717, 1.165) is 5.56 Å². The van der Waals surface area contributed by atoms with Crippen LogP contribution >= 0.6 is 0 Å². The van der Waals surface area contributed by atoms with Crippen LogP contribution in [0, 0.1) is 5.92 Å². The smallest absolute Gasteiger partial charge is 0.332 e. The van der Waals surface area contributed by atoms with Gasteiger partial charge in [-0.3, -0.25) is 19.7 Å². The summed E-state index contributed by atoms with van der Waals surface area (Å²) in [4.78, 5) is 44.4. The summed E-state index contributed by atoms with van der Waals surface area (Å²) in [6, 6.07) is 12.9. The largest absolute Gasteiger partial charge is 0.458 e. The van der Waals surface area contributed by atoms with Gasteiger partial charge in [-0.25, -0.2) is 4.79 Å². The van der Waals surface area contributed by atoms with E-state index in [1.807, 2.05) is 63.2 Å². The lowest BCUT2D eigenvalue weighted by atomic mass is 9.82. The van der Waals surface area contributed by atoms with Crippen molar-refractivity contribution in [1.82, 2.24) is 19.9 Å². The average Bonchev–Trinajstić information content (AvgIpc) is 3.23. The molecule has 0 bridgehead atoms. The van der Waals surface area contributed by atoms with Gasteiger partial charge in [0.1, 0.15) is 11.1 Å². The molecule has 3 atom stereocenters. The molecule has 1 aromatic carbocycles. The van der Waals surface area contributed by atoms with Gasteiger partial charge in [0, 0.05) is 36.3 Å². The van der Waals surface area contributed by atoms with E-state index < -0.39 is 23.2 Å². The third-order valence-corrected chi connectivity index (χ3v) is 7.37. The van der Waals surface area contributed by atoms with Crippen LogP contribution in [0.25, 0.3) is 0 Å². The topological polar surface area (TPSA) is 85.3 Å². The second-order valence-corrected chi connectivity index (χ2v) is 13.3. The fourth-order valence-electron chi connectivity index (χ4n) is 5.75. The van der Waals surface area contributed by atoms with Crippen LogP contribution in [0.2, 0.25) is 0 Å². The van der Waals surface area contributed by atoms with E-state index in [2.05, 4.69) is 44.6 Å². The molecule has 1 aliphatic rings. The number of pyridine rings is 1. The summed E-state index contributed by atoms with van der Waals surface area (Å²) in [6.45, 7) is 16.1. The number of likely N-dealkylation sites (tertiary alicyclic amines) is 1. The second-order valence-electron chi connectivity index (χ2n) is 13.3. The zero-order chi connectivity index (χ0) is 29.3. The minimum Gasteiger partial charge on any atom is -0.458 e. The first-order chi connectivity index (χ1) is 18.7. The van der Waals surface area contributed by atoms with Crippen LogP contribution in [-0.2, 0) is 14.9 Å². The Balaban J connectivity index is 1.96. The highest BCUT2D eigenvalue weighted by Gasteiger charge is 2.61. The van der Waals surface area contributed by atoms with Crippen molar-refractivity contribution >= 4 is 11.9 Å². The summed E-state index contributed by atoms with van der Waals surface area (Å²) in [5.74, 6) is -0.835. The van der Waals surface area contributed by atoms with E-state index in [1.165, 1.54) is 0 Å². The van der Waals surface area contributed by atoms with Crippen molar-refractivity contribution in [2.45, 2.75) is 96.7 Å². The van der Waals surface area contributed by atoms with Gasteiger partial charge in [-0.1, -0.05) is 52.8 Å². The molecule has 0 N–H and O–H groups in total. The van der Waals surface area contributed by atoms with Crippen LogP contribution in [0.5, 0.6) is 0 Å². The summed E-state index contributed by atoms with van der Waals surface area (Å²) >= 11 is 0. The molecule has 212 valence electrons. The monoisotopic (exact) mass is 542 g/mol. The molecule has 3 heterocycles. The molecule has 1 amide bonds. The highest BCUT2D eigenvalue weighted by molar-refractivity contribution is 5.99. The summed E-state index contributed by atoms with van der Waals surface area (Å²) in [7, 11) is 0. The first-order valence-corrected chi connectivity index (χ1v) is 14.1. The first-order valence-electron chi connectivity index (χ1n) is 14.1. The zero-order valence-electron chi connectivity index (χ0n) is 25.0. The lowest BCUT2D eigenvalue weighted by Crippen LogP contribution is -2.56. The van der Waals surface area contributed by atoms with Crippen LogP contribution < -0.4 is 0 Å². The Hall–Kier alpha value is -3.61. The summed E-state index contributed by atoms with van der Waals surface area (Å²) in [5.41, 5.74) is 1.05. The van der Waals surface area contributed by atoms with E-state index in [9.17, 15) is 9.59 Å². The van der Waals surface area contributed by atoms with Crippen LogP contribution in [0.4, 0.5) is 0 Å². The lowest BCUT2D eigenvalue weighted by Gasteiger charge is -2.41. The molecule has 40 heavy (non-hydrogen) atoms. The van der Waals surface area contributed by atoms with Crippen molar-refractivity contribution in [1.29, 1.82) is 0 Å². The lowest BCUT2D eigenvalue weighted by molar-refractivity contribution is -0.168. The summed E-state index contributed by atoms with van der Waals surface area (Å²) in [6.07, 6.45) is 7.52. The second kappa shape index (κ2) is 11.1. The third-order valence-electron chi connectivity index (χ3n) is 7.37. The number of hydrogen-bond donors (Lipinski definition) is 0. The third kappa shape index (κ3) is 6.08. The quantitative estimate of drug-likeness (QED) is 0.324. The number of amides is 1. The Morgan fingerprint density at radius 2 is 1.62 bits per heavy atom. The Morgan fingerprint density at radius 3 is 2.15 bits per heavy atom. The predicted molar refractivity (Wildman–Crippen MR) is 156 cm³/mol. The maximum Gasteiger partial charge on any atom is 0.332 e. The molecule has 7 nitrogen and oxygen atoms in total. The van der Waals surface area contributed by atoms with Crippen LogP contribution in [0.3, 0.4) is 0 Å². The van der Waals surface area contributed by atoms with Crippen molar-refractivity contribution in [2.24, 2.45) is 5.92 Å². The summed E-state index contributed by atoms with van der Waals surface area (Å²) in [5, 5.41) is 0. The van der Waals surface area contributed by atoms with Crippen molar-refractivity contribution in [3.05, 3.63) is 89.8 Å². The fraction of sp³-hybridized carbons (Fsp3) is 0.485. The van der Waals surface area contributed by atoms with Gasteiger partial charge in [-0.05, 0) is 74.8 Å². The number of hydrogen-bond acceptors (Lipinski definition) is 6. The highest BCUT2D eigenvalue weighted by Crippen LogP contribution is 2.54. The predicted octanol–water partition coefficient (Wildman–Crippen LogP) is 6.67. The van der Waals surface area contributed by atoms with E-state index >= 15 is 0 Å². The number of ether oxygens (including phenoxy) is 1. The molecule has 0 unspecified atom stereocenters. The average molecular weight is 543 g/mol. The number of carbonyl (C=O) groups excluding carboxylic acids is 2. The molecular formula is C33H42N4O3. The molecule has 2 aromatic heterocycles. The normalized spacial score (nSPS) is 21.5.